The van der Waals surface area contributed by atoms with Crippen molar-refractivity contribution < 1.29 is 9.59 Å². The van der Waals surface area contributed by atoms with Crippen LogP contribution in [-0.4, -0.2) is 48.9 Å². The zero-order valence-corrected chi connectivity index (χ0v) is 16.2. The van der Waals surface area contributed by atoms with Gasteiger partial charge in [0.2, 0.25) is 5.91 Å². The lowest BCUT2D eigenvalue weighted by Crippen LogP contribution is -2.52. The van der Waals surface area contributed by atoms with E-state index in [4.69, 9.17) is 23.2 Å². The number of hydrogen-bond acceptors (Lipinski definition) is 4. The number of rotatable bonds is 3. The molecular weight excluding hydrogens is 385 g/mol. The van der Waals surface area contributed by atoms with E-state index in [9.17, 15) is 9.59 Å². The maximum Gasteiger partial charge on any atom is 0.251 e. The standard InChI is InChI=1S/C20H19Cl2N3O2/c21-14-1-5-16(6-2-14)23-9-11-24(12-10-23)18-13-19(26)25(20(18)27)17-7-3-15(22)4-8-17/h1-8,18H,9-13H2. The number of hydrogen-bond donors (Lipinski definition) is 0. The minimum Gasteiger partial charge on any atom is -0.369 e. The molecule has 27 heavy (non-hydrogen) atoms. The summed E-state index contributed by atoms with van der Waals surface area (Å²) in [6, 6.07) is 14.2. The SMILES string of the molecule is O=C1CC(N2CCN(c3ccc(Cl)cc3)CC2)C(=O)N1c1ccc(Cl)cc1. The summed E-state index contributed by atoms with van der Waals surface area (Å²) >= 11 is 11.9. The Labute approximate surface area is 168 Å². The largest absolute Gasteiger partial charge is 0.369 e. The van der Waals surface area contributed by atoms with Crippen LogP contribution in [0.3, 0.4) is 0 Å². The average Bonchev–Trinajstić information content (AvgIpc) is 2.98. The van der Waals surface area contributed by atoms with E-state index in [-0.39, 0.29) is 24.3 Å². The molecule has 0 aromatic heterocycles. The van der Waals surface area contributed by atoms with Crippen LogP contribution in [-0.2, 0) is 9.59 Å². The number of carbonyl (C=O) groups excluding carboxylic acids is 2. The van der Waals surface area contributed by atoms with Crippen LogP contribution in [0, 0.1) is 0 Å². The summed E-state index contributed by atoms with van der Waals surface area (Å²) in [5.41, 5.74) is 1.70. The van der Waals surface area contributed by atoms with E-state index in [2.05, 4.69) is 9.80 Å². The van der Waals surface area contributed by atoms with Gasteiger partial charge in [0.05, 0.1) is 18.2 Å². The molecule has 0 aliphatic carbocycles. The number of benzene rings is 2. The minimum absolute atomic E-state index is 0.151. The van der Waals surface area contributed by atoms with Crippen molar-refractivity contribution in [2.75, 3.05) is 36.0 Å². The first-order valence-corrected chi connectivity index (χ1v) is 9.65. The molecule has 0 radical (unpaired) electrons. The molecule has 2 fully saturated rings. The van der Waals surface area contributed by atoms with E-state index < -0.39 is 0 Å². The third kappa shape index (κ3) is 3.68. The Hall–Kier alpha value is -2.08. The van der Waals surface area contributed by atoms with Crippen LogP contribution in [0.2, 0.25) is 10.0 Å². The third-order valence-electron chi connectivity index (χ3n) is 5.15. The second-order valence-corrected chi connectivity index (χ2v) is 7.64. The molecule has 2 heterocycles. The highest BCUT2D eigenvalue weighted by Gasteiger charge is 2.43. The fourth-order valence-electron chi connectivity index (χ4n) is 3.71. The van der Waals surface area contributed by atoms with Gasteiger partial charge in [0.15, 0.2) is 0 Å². The Balaban J connectivity index is 1.43. The van der Waals surface area contributed by atoms with Gasteiger partial charge in [0, 0.05) is 41.9 Å². The molecule has 0 saturated carbocycles. The Morgan fingerprint density at radius 1 is 0.741 bits per heavy atom. The lowest BCUT2D eigenvalue weighted by molar-refractivity contribution is -0.123. The fourth-order valence-corrected chi connectivity index (χ4v) is 3.96. The first-order valence-electron chi connectivity index (χ1n) is 8.90. The molecule has 2 aromatic rings. The van der Waals surface area contributed by atoms with E-state index in [0.717, 1.165) is 36.9 Å². The Morgan fingerprint density at radius 3 is 1.81 bits per heavy atom. The predicted molar refractivity (Wildman–Crippen MR) is 108 cm³/mol. The highest BCUT2D eigenvalue weighted by atomic mass is 35.5. The first kappa shape index (κ1) is 18.3. The maximum atomic E-state index is 12.9. The average molecular weight is 404 g/mol. The molecule has 140 valence electrons. The molecule has 4 rings (SSSR count). The van der Waals surface area contributed by atoms with Crippen LogP contribution in [0.5, 0.6) is 0 Å². The highest BCUT2D eigenvalue weighted by molar-refractivity contribution is 6.31. The van der Waals surface area contributed by atoms with Crippen molar-refractivity contribution in [2.24, 2.45) is 0 Å². The van der Waals surface area contributed by atoms with E-state index in [1.54, 1.807) is 24.3 Å². The highest BCUT2D eigenvalue weighted by Crippen LogP contribution is 2.28. The number of nitrogens with zero attached hydrogens (tertiary/aromatic N) is 3. The van der Waals surface area contributed by atoms with Gasteiger partial charge in [-0.25, -0.2) is 4.90 Å². The Kier molecular flexibility index (Phi) is 5.08. The fraction of sp³-hybridized carbons (Fsp3) is 0.300. The molecule has 2 aliphatic rings. The quantitative estimate of drug-likeness (QED) is 0.736. The molecule has 7 heteroatoms. The van der Waals surface area contributed by atoms with Crippen molar-refractivity contribution in [3.05, 3.63) is 58.6 Å². The van der Waals surface area contributed by atoms with Gasteiger partial charge in [-0.2, -0.15) is 0 Å². The summed E-state index contributed by atoms with van der Waals surface area (Å²) in [6.45, 7) is 3.09. The summed E-state index contributed by atoms with van der Waals surface area (Å²) < 4.78 is 0. The summed E-state index contributed by atoms with van der Waals surface area (Å²) in [5, 5.41) is 1.29. The van der Waals surface area contributed by atoms with Crippen molar-refractivity contribution in [3.63, 3.8) is 0 Å². The second-order valence-electron chi connectivity index (χ2n) is 6.76. The van der Waals surface area contributed by atoms with Crippen LogP contribution in [0.15, 0.2) is 48.5 Å². The first-order chi connectivity index (χ1) is 13.0. The molecule has 2 saturated heterocycles. The van der Waals surface area contributed by atoms with Crippen molar-refractivity contribution in [1.82, 2.24) is 4.90 Å². The molecule has 2 aliphatic heterocycles. The summed E-state index contributed by atoms with van der Waals surface area (Å²) in [6.07, 6.45) is 0.225. The number of imide groups is 1. The second kappa shape index (κ2) is 7.50. The van der Waals surface area contributed by atoms with Gasteiger partial charge in [-0.1, -0.05) is 23.2 Å². The van der Waals surface area contributed by atoms with Gasteiger partial charge in [-0.15, -0.1) is 0 Å². The van der Waals surface area contributed by atoms with Gasteiger partial charge < -0.3 is 4.90 Å². The van der Waals surface area contributed by atoms with Crippen molar-refractivity contribution >= 4 is 46.4 Å². The normalized spacial score (nSPS) is 21.2. The maximum absolute atomic E-state index is 12.9. The third-order valence-corrected chi connectivity index (χ3v) is 5.66. The predicted octanol–water partition coefficient (Wildman–Crippen LogP) is 3.45. The number of carbonyl (C=O) groups is 2. The van der Waals surface area contributed by atoms with Crippen molar-refractivity contribution in [1.29, 1.82) is 0 Å². The van der Waals surface area contributed by atoms with Gasteiger partial charge >= 0.3 is 0 Å². The number of anilines is 2. The molecule has 2 amide bonds. The van der Waals surface area contributed by atoms with Crippen LogP contribution < -0.4 is 9.80 Å². The lowest BCUT2D eigenvalue weighted by Gasteiger charge is -2.38. The number of piperazine rings is 1. The van der Waals surface area contributed by atoms with Crippen LogP contribution in [0.25, 0.3) is 0 Å². The van der Waals surface area contributed by atoms with E-state index in [0.29, 0.717) is 10.7 Å². The Morgan fingerprint density at radius 2 is 1.26 bits per heavy atom. The minimum atomic E-state index is -0.388. The molecule has 1 atom stereocenters. The van der Waals surface area contributed by atoms with Gasteiger partial charge in [0.25, 0.3) is 5.91 Å². The van der Waals surface area contributed by atoms with Crippen molar-refractivity contribution in [3.8, 4) is 0 Å². The van der Waals surface area contributed by atoms with E-state index in [1.165, 1.54) is 4.90 Å². The summed E-state index contributed by atoms with van der Waals surface area (Å²) in [4.78, 5) is 31.0. The molecule has 2 aromatic carbocycles. The smallest absolute Gasteiger partial charge is 0.251 e. The Bertz CT molecular complexity index is 847. The number of amides is 2. The molecule has 0 bridgehead atoms. The van der Waals surface area contributed by atoms with E-state index >= 15 is 0 Å². The molecular formula is C20H19Cl2N3O2. The van der Waals surface area contributed by atoms with Crippen LogP contribution >= 0.6 is 23.2 Å². The van der Waals surface area contributed by atoms with Crippen LogP contribution in [0.1, 0.15) is 6.42 Å². The lowest BCUT2D eigenvalue weighted by atomic mass is 10.1. The zero-order valence-electron chi connectivity index (χ0n) is 14.6. The van der Waals surface area contributed by atoms with Crippen molar-refractivity contribution in [2.45, 2.75) is 12.5 Å². The zero-order chi connectivity index (χ0) is 19.0. The van der Waals surface area contributed by atoms with Gasteiger partial charge in [0.1, 0.15) is 0 Å². The molecule has 1 unspecified atom stereocenters. The van der Waals surface area contributed by atoms with Gasteiger partial charge in [-0.05, 0) is 48.5 Å². The molecule has 0 spiro atoms. The number of halogens is 2. The van der Waals surface area contributed by atoms with E-state index in [1.807, 2.05) is 24.3 Å². The molecule has 0 N–H and O–H groups in total. The molecule has 5 nitrogen and oxygen atoms in total. The summed E-state index contributed by atoms with van der Waals surface area (Å²) in [5.74, 6) is -0.310. The van der Waals surface area contributed by atoms with Crippen LogP contribution in [0.4, 0.5) is 11.4 Å². The topological polar surface area (TPSA) is 43.9 Å². The van der Waals surface area contributed by atoms with Gasteiger partial charge in [-0.3, -0.25) is 14.5 Å². The monoisotopic (exact) mass is 403 g/mol. The summed E-state index contributed by atoms with van der Waals surface area (Å²) in [7, 11) is 0.